The molecule has 2 heterocycles. The van der Waals surface area contributed by atoms with Crippen LogP contribution in [0.4, 0.5) is 0 Å². The van der Waals surface area contributed by atoms with Crippen LogP contribution in [-0.4, -0.2) is 9.38 Å². The minimum absolute atomic E-state index is 0.987. The average molecular weight is 662 g/mol. The summed E-state index contributed by atoms with van der Waals surface area (Å²) in [6, 6.07) is 63.9. The van der Waals surface area contributed by atoms with E-state index in [1.807, 2.05) is 0 Å². The minimum Gasteiger partial charge on any atom is -0.292 e. The third-order valence-electron chi connectivity index (χ3n) is 10.0. The number of fused-ring (bicyclic) bond motifs is 10. The van der Waals surface area contributed by atoms with Crippen molar-refractivity contribution in [2.75, 3.05) is 0 Å². The Kier molecular flexibility index (Phi) is 6.43. The number of thiol groups is 1. The van der Waals surface area contributed by atoms with Crippen LogP contribution < -0.4 is 15.9 Å². The molecule has 0 radical (unpaired) electrons. The molecular weight excluding hydrogens is 632 g/mol. The van der Waals surface area contributed by atoms with E-state index in [1.54, 1.807) is 0 Å². The van der Waals surface area contributed by atoms with Crippen molar-refractivity contribution < 1.29 is 0 Å². The molecule has 10 rings (SSSR count). The largest absolute Gasteiger partial charge is 0.292 e. The Balaban J connectivity index is 1.14. The van der Waals surface area contributed by atoms with Crippen LogP contribution in [0.3, 0.4) is 0 Å². The first-order chi connectivity index (χ1) is 24.1. The van der Waals surface area contributed by atoms with E-state index in [1.165, 1.54) is 64.9 Å². The summed E-state index contributed by atoms with van der Waals surface area (Å²) in [5.74, 6) is 0. The van der Waals surface area contributed by atoms with Gasteiger partial charge in [-0.05, 0) is 98.7 Å². The Morgan fingerprint density at radius 3 is 1.65 bits per heavy atom. The Morgan fingerprint density at radius 1 is 0.408 bits per heavy atom. The van der Waals surface area contributed by atoms with E-state index in [0.717, 1.165) is 22.1 Å². The van der Waals surface area contributed by atoms with Crippen molar-refractivity contribution >= 4 is 94.5 Å². The number of benzene rings is 8. The van der Waals surface area contributed by atoms with Crippen molar-refractivity contribution in [2.45, 2.75) is 0 Å². The van der Waals surface area contributed by atoms with E-state index in [0.29, 0.717) is 0 Å². The Labute approximate surface area is 289 Å². The lowest BCUT2D eigenvalue weighted by molar-refractivity contribution is 1.31. The van der Waals surface area contributed by atoms with Gasteiger partial charge in [0.1, 0.15) is 21.6 Å². The lowest BCUT2D eigenvalue weighted by Crippen LogP contribution is -2.27. The summed E-state index contributed by atoms with van der Waals surface area (Å²) < 4.78 is 2.31. The second kappa shape index (κ2) is 11.0. The second-order valence-electron chi connectivity index (χ2n) is 12.8. The van der Waals surface area contributed by atoms with Crippen molar-refractivity contribution in [3.05, 3.63) is 176 Å². The van der Waals surface area contributed by atoms with Crippen LogP contribution in [0.2, 0.25) is 0 Å². The van der Waals surface area contributed by atoms with E-state index >= 15 is 0 Å². The van der Waals surface area contributed by atoms with Crippen LogP contribution in [0.15, 0.2) is 176 Å². The van der Waals surface area contributed by atoms with Crippen LogP contribution in [0, 0.1) is 0 Å². The van der Waals surface area contributed by atoms with Gasteiger partial charge in [-0.25, -0.2) is 4.98 Å². The zero-order chi connectivity index (χ0) is 32.5. The summed E-state index contributed by atoms with van der Waals surface area (Å²) in [5, 5.41) is 12.3. The molecule has 230 valence electrons. The maximum absolute atomic E-state index is 5.71. The van der Waals surface area contributed by atoms with Gasteiger partial charge in [0.2, 0.25) is 0 Å². The van der Waals surface area contributed by atoms with E-state index < -0.39 is 6.46 Å². The van der Waals surface area contributed by atoms with Gasteiger partial charge >= 0.3 is 0 Å². The van der Waals surface area contributed by atoms with E-state index in [9.17, 15) is 0 Å². The maximum Gasteiger partial charge on any atom is 0.167 e. The molecule has 0 unspecified atom stereocenters. The quantitative estimate of drug-likeness (QED) is 0.113. The Hall–Kier alpha value is -5.47. The standard InChI is InChI=1S/C45H30N2PS/c49-48(37-24-19-30-9-1-3-11-33(30)27-37,38-25-20-31-10-2-4-12-34(31)28-38)36-22-17-32(18-23-36)35-21-26-39-40-13-5-7-15-43(40)47-44-16-8-6-14-42(44)46-45(47)41(39)29-35/h1-29,49H/q+1. The third-order valence-corrected chi connectivity index (χ3v) is 15.2. The normalized spacial score (nSPS) is 12.2. The summed E-state index contributed by atoms with van der Waals surface area (Å²) in [6.45, 7) is -2.28. The summed E-state index contributed by atoms with van der Waals surface area (Å²) in [6.07, 6.45) is 0. The average Bonchev–Trinajstić information content (AvgIpc) is 3.57. The highest BCUT2D eigenvalue weighted by atomic mass is 32.7. The van der Waals surface area contributed by atoms with Crippen molar-refractivity contribution in [1.82, 2.24) is 9.38 Å². The van der Waals surface area contributed by atoms with E-state index in [2.05, 4.69) is 180 Å². The smallest absolute Gasteiger partial charge is 0.167 e. The van der Waals surface area contributed by atoms with Gasteiger partial charge in [0.25, 0.3) is 0 Å². The molecular formula is C45H30N2PS+. The molecule has 0 bridgehead atoms. The fraction of sp³-hybridized carbons (Fsp3) is 0. The topological polar surface area (TPSA) is 17.3 Å². The molecule has 2 nitrogen and oxygen atoms in total. The Morgan fingerprint density at radius 2 is 0.959 bits per heavy atom. The molecule has 2 aromatic heterocycles. The predicted molar refractivity (Wildman–Crippen MR) is 216 cm³/mol. The van der Waals surface area contributed by atoms with Gasteiger partial charge in [0.05, 0.1) is 16.6 Å². The molecule has 0 amide bonds. The van der Waals surface area contributed by atoms with E-state index in [4.69, 9.17) is 17.2 Å². The summed E-state index contributed by atoms with van der Waals surface area (Å²) >= 11 is 5.71. The van der Waals surface area contributed by atoms with Crippen LogP contribution in [0.25, 0.3) is 71.0 Å². The highest BCUT2D eigenvalue weighted by Gasteiger charge is 2.42. The number of nitrogens with zero attached hydrogens (tertiary/aromatic N) is 2. The first-order valence-corrected chi connectivity index (χ1v) is 19.5. The van der Waals surface area contributed by atoms with Crippen molar-refractivity contribution in [1.29, 1.82) is 0 Å². The lowest BCUT2D eigenvalue weighted by atomic mass is 9.99. The van der Waals surface area contributed by atoms with Crippen molar-refractivity contribution in [3.63, 3.8) is 0 Å². The summed E-state index contributed by atoms with van der Waals surface area (Å²) in [5.41, 5.74) is 6.63. The number of para-hydroxylation sites is 3. The maximum atomic E-state index is 5.71. The zero-order valence-corrected chi connectivity index (χ0v) is 28.3. The number of hydrogen-bond acceptors (Lipinski definition) is 2. The second-order valence-corrected chi connectivity index (χ2v) is 17.4. The molecule has 0 aliphatic heterocycles. The first kappa shape index (κ1) is 28.5. The molecule has 8 aromatic carbocycles. The molecule has 49 heavy (non-hydrogen) atoms. The molecule has 0 fully saturated rings. The Bertz CT molecular complexity index is 2830. The molecule has 0 saturated carbocycles. The van der Waals surface area contributed by atoms with Gasteiger partial charge in [0, 0.05) is 23.0 Å². The number of aromatic nitrogens is 2. The van der Waals surface area contributed by atoms with Crippen LogP contribution in [-0.2, 0) is 0 Å². The van der Waals surface area contributed by atoms with Crippen LogP contribution in [0.5, 0.6) is 0 Å². The van der Waals surface area contributed by atoms with Crippen LogP contribution >= 0.6 is 18.7 Å². The summed E-state index contributed by atoms with van der Waals surface area (Å²) in [7, 11) is 0. The van der Waals surface area contributed by atoms with Gasteiger partial charge in [-0.2, -0.15) is 0 Å². The highest BCUT2D eigenvalue weighted by molar-refractivity contribution is 8.61. The zero-order valence-electron chi connectivity index (χ0n) is 26.5. The van der Waals surface area contributed by atoms with Crippen molar-refractivity contribution in [2.24, 2.45) is 0 Å². The molecule has 0 saturated heterocycles. The predicted octanol–water partition coefficient (Wildman–Crippen LogP) is 10.9. The van der Waals surface area contributed by atoms with Gasteiger partial charge in [-0.1, -0.05) is 115 Å². The van der Waals surface area contributed by atoms with E-state index in [-0.39, 0.29) is 0 Å². The molecule has 4 heteroatoms. The van der Waals surface area contributed by atoms with Gasteiger partial charge in [0.15, 0.2) is 6.46 Å². The van der Waals surface area contributed by atoms with Crippen molar-refractivity contribution in [3.8, 4) is 11.1 Å². The van der Waals surface area contributed by atoms with Crippen LogP contribution in [0.1, 0.15) is 0 Å². The lowest BCUT2D eigenvalue weighted by Gasteiger charge is -2.22. The summed E-state index contributed by atoms with van der Waals surface area (Å²) in [4.78, 5) is 5.14. The fourth-order valence-electron chi connectivity index (χ4n) is 7.56. The van der Waals surface area contributed by atoms with Gasteiger partial charge in [-0.15, -0.1) is 0 Å². The minimum atomic E-state index is -2.28. The number of imidazole rings is 1. The SMILES string of the molecule is S[P+](c1ccc(-c2ccc3c4ccccc4n4c5ccccc5nc4c3c2)cc1)(c1ccc2ccccc2c1)c1ccc2ccccc2c1. The molecule has 0 aliphatic rings. The monoisotopic (exact) mass is 661 g/mol. The van der Waals surface area contributed by atoms with Gasteiger partial charge in [-0.3, -0.25) is 4.40 Å². The molecule has 10 aromatic rings. The molecule has 0 N–H and O–H groups in total. The number of hydrogen-bond donors (Lipinski definition) is 1. The fourth-order valence-corrected chi connectivity index (χ4v) is 11.4. The molecule has 0 atom stereocenters. The van der Waals surface area contributed by atoms with Gasteiger partial charge < -0.3 is 0 Å². The highest BCUT2D eigenvalue weighted by Crippen LogP contribution is 2.60. The number of rotatable bonds is 4. The first-order valence-electron chi connectivity index (χ1n) is 16.6. The third kappa shape index (κ3) is 4.43. The molecule has 0 aliphatic carbocycles. The molecule has 0 spiro atoms. The number of pyridine rings is 1.